The van der Waals surface area contributed by atoms with Crippen LogP contribution in [0.2, 0.25) is 0 Å². The van der Waals surface area contributed by atoms with Gasteiger partial charge in [0.05, 0.1) is 6.61 Å². The summed E-state index contributed by atoms with van der Waals surface area (Å²) in [5.41, 5.74) is 0. The van der Waals surface area contributed by atoms with Crippen molar-refractivity contribution in [2.75, 3.05) is 26.7 Å². The Labute approximate surface area is 181 Å². The summed E-state index contributed by atoms with van der Waals surface area (Å²) in [4.78, 5) is 14.1. The molecule has 0 aromatic heterocycles. The van der Waals surface area contributed by atoms with Crippen LogP contribution in [-0.2, 0) is 9.53 Å². The van der Waals surface area contributed by atoms with E-state index in [1.54, 1.807) is 0 Å². The predicted molar refractivity (Wildman–Crippen MR) is 125 cm³/mol. The third-order valence-corrected chi connectivity index (χ3v) is 5.80. The number of hydrogen-bond acceptors (Lipinski definition) is 3. The minimum atomic E-state index is 0.00199. The van der Waals surface area contributed by atoms with Gasteiger partial charge in [-0.05, 0) is 58.5 Å². The second kappa shape index (κ2) is 18.9. The minimum absolute atomic E-state index is 0.00199. The van der Waals surface area contributed by atoms with E-state index in [9.17, 15) is 4.79 Å². The third-order valence-electron chi connectivity index (χ3n) is 5.80. The molecule has 0 amide bonds. The van der Waals surface area contributed by atoms with Crippen molar-refractivity contribution in [1.82, 2.24) is 4.90 Å². The van der Waals surface area contributed by atoms with E-state index < -0.39 is 0 Å². The summed E-state index contributed by atoms with van der Waals surface area (Å²) in [6.45, 7) is 5.07. The van der Waals surface area contributed by atoms with Gasteiger partial charge in [-0.15, -0.1) is 0 Å². The first-order valence-corrected chi connectivity index (χ1v) is 12.4. The van der Waals surface area contributed by atoms with Crippen LogP contribution in [0.25, 0.3) is 0 Å². The SMILES string of the molecule is CCCCC/C=C\C/C=C\CCCCCCCCCC(=O)OC[C@H]1CCN(C)C1. The van der Waals surface area contributed by atoms with Gasteiger partial charge in [0.1, 0.15) is 0 Å². The molecule has 0 aromatic rings. The fraction of sp³-hybridized carbons (Fsp3) is 0.808. The maximum Gasteiger partial charge on any atom is 0.305 e. The van der Waals surface area contributed by atoms with E-state index in [1.165, 1.54) is 64.2 Å². The molecule has 168 valence electrons. The third kappa shape index (κ3) is 16.4. The summed E-state index contributed by atoms with van der Waals surface area (Å²) in [7, 11) is 2.13. The standard InChI is InChI=1S/C26H47NO2/c1-3-4-5-6-7-8-9-10-11-12-13-14-15-16-17-18-19-20-26(28)29-24-25-21-22-27(2)23-25/h7-8,10-11,25H,3-6,9,12-24H2,1-2H3/b8-7-,11-10-/t25-/m0/s1. The van der Waals surface area contributed by atoms with Gasteiger partial charge in [-0.2, -0.15) is 0 Å². The molecule has 0 bridgehead atoms. The number of nitrogens with zero attached hydrogens (tertiary/aromatic N) is 1. The molecule has 1 fully saturated rings. The summed E-state index contributed by atoms with van der Waals surface area (Å²) < 4.78 is 5.43. The van der Waals surface area contributed by atoms with E-state index in [-0.39, 0.29) is 5.97 Å². The molecular formula is C26H47NO2. The zero-order chi connectivity index (χ0) is 21.0. The van der Waals surface area contributed by atoms with Crippen molar-refractivity contribution in [3.8, 4) is 0 Å². The highest BCUT2D eigenvalue weighted by Crippen LogP contribution is 2.15. The Kier molecular flexibility index (Phi) is 16.9. The topological polar surface area (TPSA) is 29.5 Å². The molecular weight excluding hydrogens is 358 g/mol. The predicted octanol–water partition coefficient (Wildman–Crippen LogP) is 7.08. The first-order valence-electron chi connectivity index (χ1n) is 12.4. The highest BCUT2D eigenvalue weighted by atomic mass is 16.5. The number of unbranched alkanes of at least 4 members (excludes halogenated alkanes) is 10. The number of likely N-dealkylation sites (tertiary alicyclic amines) is 1. The van der Waals surface area contributed by atoms with Crippen LogP contribution in [0.5, 0.6) is 0 Å². The highest BCUT2D eigenvalue weighted by Gasteiger charge is 2.20. The maximum atomic E-state index is 11.8. The number of hydrogen-bond donors (Lipinski definition) is 0. The molecule has 0 spiro atoms. The molecule has 1 heterocycles. The van der Waals surface area contributed by atoms with Crippen molar-refractivity contribution in [2.24, 2.45) is 5.92 Å². The Hall–Kier alpha value is -1.09. The fourth-order valence-corrected chi connectivity index (χ4v) is 3.88. The van der Waals surface area contributed by atoms with E-state index in [0.717, 1.165) is 38.8 Å². The quantitative estimate of drug-likeness (QED) is 0.139. The molecule has 0 unspecified atom stereocenters. The van der Waals surface area contributed by atoms with E-state index in [4.69, 9.17) is 4.74 Å². The lowest BCUT2D eigenvalue weighted by atomic mass is 10.1. The monoisotopic (exact) mass is 405 g/mol. The molecule has 0 saturated carbocycles. The summed E-state index contributed by atoms with van der Waals surface area (Å²) in [5, 5.41) is 0. The lowest BCUT2D eigenvalue weighted by Crippen LogP contribution is -2.18. The second-order valence-corrected chi connectivity index (χ2v) is 8.79. The van der Waals surface area contributed by atoms with Gasteiger partial charge in [0.2, 0.25) is 0 Å². The van der Waals surface area contributed by atoms with E-state index in [1.807, 2.05) is 0 Å². The van der Waals surface area contributed by atoms with Crippen molar-refractivity contribution in [2.45, 2.75) is 103 Å². The van der Waals surface area contributed by atoms with Crippen LogP contribution in [0.4, 0.5) is 0 Å². The van der Waals surface area contributed by atoms with Gasteiger partial charge >= 0.3 is 5.97 Å². The molecule has 3 heteroatoms. The Morgan fingerprint density at radius 3 is 2.14 bits per heavy atom. The average Bonchev–Trinajstić information content (AvgIpc) is 3.14. The lowest BCUT2D eigenvalue weighted by Gasteiger charge is -2.11. The molecule has 3 nitrogen and oxygen atoms in total. The largest absolute Gasteiger partial charge is 0.465 e. The Morgan fingerprint density at radius 1 is 0.897 bits per heavy atom. The zero-order valence-electron chi connectivity index (χ0n) is 19.4. The van der Waals surface area contributed by atoms with Crippen LogP contribution in [-0.4, -0.2) is 37.6 Å². The van der Waals surface area contributed by atoms with E-state index in [0.29, 0.717) is 18.9 Å². The highest BCUT2D eigenvalue weighted by molar-refractivity contribution is 5.69. The number of carbonyl (C=O) groups is 1. The van der Waals surface area contributed by atoms with Crippen molar-refractivity contribution >= 4 is 5.97 Å². The molecule has 0 radical (unpaired) electrons. The van der Waals surface area contributed by atoms with Crippen molar-refractivity contribution in [3.63, 3.8) is 0 Å². The molecule has 1 aliphatic heterocycles. The van der Waals surface area contributed by atoms with E-state index in [2.05, 4.69) is 43.2 Å². The number of allylic oxidation sites excluding steroid dienone is 4. The van der Waals surface area contributed by atoms with Gasteiger partial charge in [-0.25, -0.2) is 0 Å². The Bertz CT molecular complexity index is 444. The summed E-state index contributed by atoms with van der Waals surface area (Å²) >= 11 is 0. The number of carbonyl (C=O) groups excluding carboxylic acids is 1. The molecule has 1 aliphatic rings. The molecule has 1 rings (SSSR count). The maximum absolute atomic E-state index is 11.8. The van der Waals surface area contributed by atoms with Gasteiger partial charge in [0.15, 0.2) is 0 Å². The van der Waals surface area contributed by atoms with Crippen molar-refractivity contribution < 1.29 is 9.53 Å². The van der Waals surface area contributed by atoms with Crippen LogP contribution in [0, 0.1) is 5.92 Å². The van der Waals surface area contributed by atoms with E-state index >= 15 is 0 Å². The molecule has 0 aromatic carbocycles. The van der Waals surface area contributed by atoms with Gasteiger partial charge < -0.3 is 9.64 Å². The number of esters is 1. The lowest BCUT2D eigenvalue weighted by molar-refractivity contribution is -0.145. The van der Waals surface area contributed by atoms with Crippen molar-refractivity contribution in [1.29, 1.82) is 0 Å². The van der Waals surface area contributed by atoms with Gasteiger partial charge in [-0.3, -0.25) is 4.79 Å². The zero-order valence-corrected chi connectivity index (χ0v) is 19.4. The second-order valence-electron chi connectivity index (χ2n) is 8.79. The van der Waals surface area contributed by atoms with Crippen molar-refractivity contribution in [3.05, 3.63) is 24.3 Å². The Balaban J connectivity index is 1.78. The molecule has 0 N–H and O–H groups in total. The van der Waals surface area contributed by atoms with Crippen LogP contribution in [0.3, 0.4) is 0 Å². The number of rotatable bonds is 18. The van der Waals surface area contributed by atoms with Crippen LogP contribution < -0.4 is 0 Å². The average molecular weight is 406 g/mol. The van der Waals surface area contributed by atoms with Gasteiger partial charge in [0.25, 0.3) is 0 Å². The smallest absolute Gasteiger partial charge is 0.305 e. The molecule has 1 saturated heterocycles. The van der Waals surface area contributed by atoms with Gasteiger partial charge in [-0.1, -0.05) is 76.2 Å². The number of ether oxygens (including phenoxy) is 1. The Morgan fingerprint density at radius 2 is 1.52 bits per heavy atom. The van der Waals surface area contributed by atoms with Gasteiger partial charge in [0, 0.05) is 18.9 Å². The molecule has 29 heavy (non-hydrogen) atoms. The summed E-state index contributed by atoms with van der Waals surface area (Å²) in [6.07, 6.45) is 27.2. The summed E-state index contributed by atoms with van der Waals surface area (Å²) in [6, 6.07) is 0. The minimum Gasteiger partial charge on any atom is -0.465 e. The first-order chi connectivity index (χ1) is 14.2. The van der Waals surface area contributed by atoms with Crippen LogP contribution in [0.15, 0.2) is 24.3 Å². The van der Waals surface area contributed by atoms with Crippen LogP contribution in [0.1, 0.15) is 103 Å². The fourth-order valence-electron chi connectivity index (χ4n) is 3.88. The first kappa shape index (κ1) is 25.9. The normalized spacial score (nSPS) is 17.7. The van der Waals surface area contributed by atoms with Crippen LogP contribution >= 0.6 is 0 Å². The molecule has 0 aliphatic carbocycles. The molecule has 1 atom stereocenters. The summed E-state index contributed by atoms with van der Waals surface area (Å²) in [5.74, 6) is 0.549.